The highest BCUT2D eigenvalue weighted by Gasteiger charge is 2.38. The van der Waals surface area contributed by atoms with E-state index in [1.165, 1.54) is 21.3 Å². The van der Waals surface area contributed by atoms with Gasteiger partial charge in [-0.05, 0) is 42.8 Å². The Morgan fingerprint density at radius 2 is 1.56 bits per heavy atom. The number of fused-ring (bicyclic) bond motifs is 1. The van der Waals surface area contributed by atoms with Gasteiger partial charge in [-0.3, -0.25) is 9.10 Å². The maximum Gasteiger partial charge on any atom is 0.269 e. The third-order valence-corrected chi connectivity index (χ3v) is 7.05. The van der Waals surface area contributed by atoms with E-state index in [1.54, 1.807) is 50.4 Å². The molecule has 0 bridgehead atoms. The number of hydrogen-bond donors (Lipinski definition) is 1. The Labute approximate surface area is 187 Å². The van der Waals surface area contributed by atoms with Gasteiger partial charge in [-0.25, -0.2) is 8.42 Å². The van der Waals surface area contributed by atoms with Crippen LogP contribution in [-0.2, 0) is 14.8 Å². The minimum atomic E-state index is -4.06. The summed E-state index contributed by atoms with van der Waals surface area (Å²) in [6, 6.07) is 10.2. The van der Waals surface area contributed by atoms with Crippen LogP contribution < -0.4 is 28.6 Å². The quantitative estimate of drug-likeness (QED) is 0.601. The van der Waals surface area contributed by atoms with Crippen LogP contribution >= 0.6 is 0 Å². The monoisotopic (exact) mass is 462 g/mol. The number of rotatable bonds is 8. The van der Waals surface area contributed by atoms with Crippen LogP contribution in [-0.4, -0.2) is 55.9 Å². The summed E-state index contributed by atoms with van der Waals surface area (Å²) in [5, 5.41) is 2.63. The van der Waals surface area contributed by atoms with Gasteiger partial charge in [-0.2, -0.15) is 0 Å². The van der Waals surface area contributed by atoms with Crippen molar-refractivity contribution in [1.82, 2.24) is 5.32 Å². The fourth-order valence-electron chi connectivity index (χ4n) is 3.38. The van der Waals surface area contributed by atoms with E-state index in [1.807, 2.05) is 0 Å². The van der Waals surface area contributed by atoms with Crippen LogP contribution in [0.4, 0.5) is 5.69 Å². The van der Waals surface area contributed by atoms with Crippen molar-refractivity contribution in [2.45, 2.75) is 6.92 Å². The van der Waals surface area contributed by atoms with Gasteiger partial charge in [0.15, 0.2) is 16.4 Å². The van der Waals surface area contributed by atoms with Crippen LogP contribution in [0, 0.1) is 0 Å². The number of sulfonamides is 1. The van der Waals surface area contributed by atoms with E-state index >= 15 is 0 Å². The normalized spacial score (nSPS) is 14.5. The maximum atomic E-state index is 13.1. The number of allylic oxidation sites excluding steroid dienone is 1. The smallest absolute Gasteiger partial charge is 0.269 e. The van der Waals surface area contributed by atoms with E-state index in [9.17, 15) is 13.2 Å². The highest BCUT2D eigenvalue weighted by Crippen LogP contribution is 2.44. The summed E-state index contributed by atoms with van der Waals surface area (Å²) in [7, 11) is 1.87. The second-order valence-electron chi connectivity index (χ2n) is 6.93. The van der Waals surface area contributed by atoms with E-state index in [2.05, 4.69) is 5.32 Å². The molecule has 1 aliphatic rings. The fraction of sp³-hybridized carbons (Fsp3) is 0.318. The summed E-state index contributed by atoms with van der Waals surface area (Å²) >= 11 is 0. The largest absolute Gasteiger partial charge is 0.497 e. The van der Waals surface area contributed by atoms with E-state index in [0.717, 1.165) is 4.31 Å². The summed E-state index contributed by atoms with van der Waals surface area (Å²) in [5.74, 6) is 1.44. The Kier molecular flexibility index (Phi) is 6.83. The molecule has 0 unspecified atom stereocenters. The molecule has 0 atom stereocenters. The van der Waals surface area contributed by atoms with Gasteiger partial charge in [0, 0.05) is 18.7 Å². The molecule has 0 radical (unpaired) electrons. The number of nitrogens with zero attached hydrogens (tertiary/aromatic N) is 1. The molecule has 1 aliphatic heterocycles. The van der Waals surface area contributed by atoms with Gasteiger partial charge in [0.25, 0.3) is 15.9 Å². The van der Waals surface area contributed by atoms with Crippen molar-refractivity contribution in [3.8, 4) is 23.0 Å². The van der Waals surface area contributed by atoms with Crippen LogP contribution in [0.25, 0.3) is 5.57 Å². The Morgan fingerprint density at radius 3 is 2.16 bits per heavy atom. The van der Waals surface area contributed by atoms with Gasteiger partial charge in [0.2, 0.25) is 0 Å². The number of anilines is 1. The molecule has 0 aliphatic carbocycles. The Balaban J connectivity index is 1.79. The first kappa shape index (κ1) is 23.3. The van der Waals surface area contributed by atoms with E-state index in [-0.39, 0.29) is 18.1 Å². The lowest BCUT2D eigenvalue weighted by molar-refractivity contribution is -0.116. The zero-order valence-corrected chi connectivity index (χ0v) is 19.4. The van der Waals surface area contributed by atoms with E-state index in [4.69, 9.17) is 18.9 Å². The van der Waals surface area contributed by atoms with E-state index in [0.29, 0.717) is 39.8 Å². The first-order valence-corrected chi connectivity index (χ1v) is 11.2. The van der Waals surface area contributed by atoms with Crippen molar-refractivity contribution in [3.63, 3.8) is 0 Å². The van der Waals surface area contributed by atoms with Gasteiger partial charge >= 0.3 is 0 Å². The standard InChI is InChI=1S/C22H26N2O7S/c1-14-17-12-19(29-4)20(30-5)13-18(17)24(2)32(26,27)21(14)22(25)23-10-11-31-16-8-6-15(28-3)7-9-16/h6-9,12-13H,10-11H2,1-5H3,(H,23,25). The lowest BCUT2D eigenvalue weighted by Crippen LogP contribution is -2.40. The minimum absolute atomic E-state index is 0.125. The molecule has 2 aromatic carbocycles. The molecule has 2 aromatic rings. The molecule has 0 saturated carbocycles. The van der Waals surface area contributed by atoms with Crippen LogP contribution in [0.3, 0.4) is 0 Å². The Bertz CT molecular complexity index is 1140. The molecule has 0 fully saturated rings. The zero-order valence-electron chi connectivity index (χ0n) is 18.6. The van der Waals surface area contributed by atoms with Gasteiger partial charge in [-0.1, -0.05) is 0 Å². The highest BCUT2D eigenvalue weighted by molar-refractivity contribution is 7.97. The molecule has 9 nitrogen and oxygen atoms in total. The molecule has 10 heteroatoms. The van der Waals surface area contributed by atoms with Crippen molar-refractivity contribution < 1.29 is 32.2 Å². The number of ether oxygens (including phenoxy) is 4. The Hall–Kier alpha value is -3.40. The average molecular weight is 463 g/mol. The van der Waals surface area contributed by atoms with Gasteiger partial charge in [-0.15, -0.1) is 0 Å². The average Bonchev–Trinajstić information content (AvgIpc) is 2.79. The first-order valence-electron chi connectivity index (χ1n) is 9.75. The van der Waals surface area contributed by atoms with E-state index < -0.39 is 15.9 Å². The van der Waals surface area contributed by atoms with Crippen molar-refractivity contribution in [3.05, 3.63) is 46.9 Å². The predicted octanol–water partition coefficient (Wildman–Crippen LogP) is 2.42. The SMILES string of the molecule is COc1ccc(OCCNC(=O)C2=C(C)c3cc(OC)c(OC)cc3N(C)S2(=O)=O)cc1. The molecule has 1 N–H and O–H groups in total. The lowest BCUT2D eigenvalue weighted by atomic mass is 10.0. The molecule has 0 aromatic heterocycles. The fourth-order valence-corrected chi connectivity index (χ4v) is 4.87. The minimum Gasteiger partial charge on any atom is -0.497 e. The number of carbonyl (C=O) groups excluding carboxylic acids is 1. The van der Waals surface area contributed by atoms with Gasteiger partial charge in [0.05, 0.1) is 33.6 Å². The van der Waals surface area contributed by atoms with Crippen molar-refractivity contribution in [2.24, 2.45) is 0 Å². The second kappa shape index (κ2) is 9.39. The van der Waals surface area contributed by atoms with Crippen molar-refractivity contribution in [2.75, 3.05) is 45.8 Å². The molecule has 0 saturated heterocycles. The summed E-state index contributed by atoms with van der Waals surface area (Å²) < 4.78 is 48.5. The third kappa shape index (κ3) is 4.31. The summed E-state index contributed by atoms with van der Waals surface area (Å²) in [4.78, 5) is 12.5. The second-order valence-corrected chi connectivity index (χ2v) is 8.84. The predicted molar refractivity (Wildman–Crippen MR) is 121 cm³/mol. The van der Waals surface area contributed by atoms with Crippen LogP contribution in [0.1, 0.15) is 12.5 Å². The summed E-state index contributed by atoms with van der Waals surface area (Å²) in [5.41, 5.74) is 1.30. The number of methoxy groups -OCH3 is 3. The molecule has 32 heavy (non-hydrogen) atoms. The Morgan fingerprint density at radius 1 is 0.969 bits per heavy atom. The molecule has 172 valence electrons. The number of hydrogen-bond acceptors (Lipinski definition) is 7. The topological polar surface area (TPSA) is 103 Å². The van der Waals surface area contributed by atoms with Gasteiger partial charge < -0.3 is 24.3 Å². The number of amides is 1. The number of carbonyl (C=O) groups is 1. The highest BCUT2D eigenvalue weighted by atomic mass is 32.2. The summed E-state index contributed by atoms with van der Waals surface area (Å²) in [6.45, 7) is 1.89. The number of benzene rings is 2. The van der Waals surface area contributed by atoms with Crippen LogP contribution in [0.15, 0.2) is 41.3 Å². The molecule has 1 heterocycles. The number of nitrogens with one attached hydrogen (secondary N) is 1. The van der Waals surface area contributed by atoms with Crippen molar-refractivity contribution >= 4 is 27.2 Å². The van der Waals surface area contributed by atoms with Crippen molar-refractivity contribution in [1.29, 1.82) is 0 Å². The third-order valence-electron chi connectivity index (χ3n) is 5.13. The first-order chi connectivity index (χ1) is 15.2. The molecule has 1 amide bonds. The molecule has 0 spiro atoms. The summed E-state index contributed by atoms with van der Waals surface area (Å²) in [6.07, 6.45) is 0. The molecular formula is C22H26N2O7S. The zero-order chi connectivity index (χ0) is 23.5. The lowest BCUT2D eigenvalue weighted by Gasteiger charge is -2.30. The van der Waals surface area contributed by atoms with Crippen LogP contribution in [0.5, 0.6) is 23.0 Å². The molecular weight excluding hydrogens is 436 g/mol. The molecule has 3 rings (SSSR count). The van der Waals surface area contributed by atoms with Gasteiger partial charge in [0.1, 0.15) is 18.1 Å². The maximum absolute atomic E-state index is 13.1. The van der Waals surface area contributed by atoms with Crippen LogP contribution in [0.2, 0.25) is 0 Å².